The molecule has 2 rings (SSSR count). The van der Waals surface area contributed by atoms with Gasteiger partial charge in [0, 0.05) is 6.42 Å². The Balaban J connectivity index is 2.20. The van der Waals surface area contributed by atoms with Crippen LogP contribution in [0.15, 0.2) is 0 Å². The molecule has 0 bridgehead atoms. The van der Waals surface area contributed by atoms with E-state index in [2.05, 4.69) is 51.1 Å². The minimum atomic E-state index is 0.150. The maximum absolute atomic E-state index is 4.26. The van der Waals surface area contributed by atoms with E-state index in [1.807, 2.05) is 0 Å². The van der Waals surface area contributed by atoms with Crippen molar-refractivity contribution in [2.24, 2.45) is 7.05 Å². The lowest BCUT2D eigenvalue weighted by molar-refractivity contribution is 0.517. The van der Waals surface area contributed by atoms with Crippen LogP contribution in [0.3, 0.4) is 0 Å². The highest BCUT2D eigenvalue weighted by Crippen LogP contribution is 2.27. The zero-order valence-electron chi connectivity index (χ0n) is 12.4. The minimum absolute atomic E-state index is 0.150. The van der Waals surface area contributed by atoms with Crippen LogP contribution in [0, 0.1) is 0 Å². The number of hydrogen-bond acceptors (Lipinski definition) is 7. The van der Waals surface area contributed by atoms with E-state index in [4.69, 9.17) is 0 Å². The van der Waals surface area contributed by atoms with E-state index in [0.29, 0.717) is 12.3 Å². The average Bonchev–Trinajstić information content (AvgIpc) is 3.03. The molecule has 0 saturated heterocycles. The Morgan fingerprint density at radius 1 is 1.30 bits per heavy atom. The molecule has 2 aromatic rings. The van der Waals surface area contributed by atoms with Gasteiger partial charge in [-0.25, -0.2) is 0 Å². The molecular weight excluding hydrogens is 274 g/mol. The van der Waals surface area contributed by atoms with Crippen molar-refractivity contribution in [3.8, 4) is 0 Å². The van der Waals surface area contributed by atoms with Crippen LogP contribution < -0.4 is 5.32 Å². The Labute approximate surface area is 122 Å². The molecule has 110 valence electrons. The van der Waals surface area contributed by atoms with E-state index in [-0.39, 0.29) is 6.04 Å². The van der Waals surface area contributed by atoms with Crippen LogP contribution in [-0.4, -0.2) is 36.3 Å². The molecule has 0 aliphatic carbocycles. The van der Waals surface area contributed by atoms with Gasteiger partial charge in [0.05, 0.1) is 23.7 Å². The van der Waals surface area contributed by atoms with Gasteiger partial charge in [-0.3, -0.25) is 0 Å². The van der Waals surface area contributed by atoms with Gasteiger partial charge in [0.15, 0.2) is 5.82 Å². The third-order valence-corrected chi connectivity index (χ3v) is 3.83. The fourth-order valence-electron chi connectivity index (χ4n) is 2.01. The summed E-state index contributed by atoms with van der Waals surface area (Å²) < 4.78 is 4.11. The third kappa shape index (κ3) is 3.57. The molecule has 0 aromatic carbocycles. The van der Waals surface area contributed by atoms with Crippen molar-refractivity contribution < 1.29 is 0 Å². The SMILES string of the molecule is CCCNC(Cc1nnn(C)n1)c1snnc1C(C)C. The van der Waals surface area contributed by atoms with Gasteiger partial charge in [0.1, 0.15) is 0 Å². The van der Waals surface area contributed by atoms with E-state index in [0.717, 1.165) is 24.5 Å². The Hall–Kier alpha value is -1.41. The standard InChI is InChI=1S/C12H21N7S/c1-5-6-13-9(7-10-14-17-19(4)16-10)12-11(8(2)3)15-18-20-12/h8-9,13H,5-7H2,1-4H3. The summed E-state index contributed by atoms with van der Waals surface area (Å²) in [5.41, 5.74) is 1.06. The molecule has 1 N–H and O–H groups in total. The molecule has 0 radical (unpaired) electrons. The summed E-state index contributed by atoms with van der Waals surface area (Å²) in [6, 6.07) is 0.150. The molecule has 7 nitrogen and oxygen atoms in total. The van der Waals surface area contributed by atoms with Crippen molar-refractivity contribution in [2.75, 3.05) is 6.54 Å². The van der Waals surface area contributed by atoms with E-state index >= 15 is 0 Å². The maximum Gasteiger partial charge on any atom is 0.176 e. The van der Waals surface area contributed by atoms with Crippen LogP contribution in [-0.2, 0) is 13.5 Å². The summed E-state index contributed by atoms with van der Waals surface area (Å²) in [4.78, 5) is 2.67. The highest BCUT2D eigenvalue weighted by molar-refractivity contribution is 7.05. The van der Waals surface area contributed by atoms with Crippen LogP contribution in [0.5, 0.6) is 0 Å². The van der Waals surface area contributed by atoms with Gasteiger partial charge in [-0.2, -0.15) is 4.80 Å². The monoisotopic (exact) mass is 295 g/mol. The lowest BCUT2D eigenvalue weighted by Gasteiger charge is -2.17. The first kappa shape index (κ1) is 15.0. The summed E-state index contributed by atoms with van der Waals surface area (Å²) in [6.45, 7) is 7.37. The topological polar surface area (TPSA) is 81.4 Å². The van der Waals surface area contributed by atoms with Crippen molar-refractivity contribution in [2.45, 2.75) is 45.6 Å². The normalized spacial score (nSPS) is 13.1. The van der Waals surface area contributed by atoms with Gasteiger partial charge < -0.3 is 5.32 Å². The zero-order valence-corrected chi connectivity index (χ0v) is 13.2. The fraction of sp³-hybridized carbons (Fsp3) is 0.750. The fourth-order valence-corrected chi connectivity index (χ4v) is 2.89. The minimum Gasteiger partial charge on any atom is -0.309 e. The number of hydrogen-bond donors (Lipinski definition) is 1. The lowest BCUT2D eigenvalue weighted by atomic mass is 10.0. The first-order valence-electron chi connectivity index (χ1n) is 6.90. The van der Waals surface area contributed by atoms with Gasteiger partial charge >= 0.3 is 0 Å². The van der Waals surface area contributed by atoms with Crippen molar-refractivity contribution in [1.29, 1.82) is 0 Å². The quantitative estimate of drug-likeness (QED) is 0.833. The molecule has 0 aliphatic rings. The summed E-state index contributed by atoms with van der Waals surface area (Å²) in [5.74, 6) is 1.11. The third-order valence-electron chi connectivity index (χ3n) is 2.98. The molecule has 8 heteroatoms. The Bertz CT molecular complexity index is 533. The van der Waals surface area contributed by atoms with Crippen LogP contribution in [0.2, 0.25) is 0 Å². The number of nitrogens with zero attached hydrogens (tertiary/aromatic N) is 6. The van der Waals surface area contributed by atoms with Gasteiger partial charge in [-0.1, -0.05) is 25.3 Å². The smallest absolute Gasteiger partial charge is 0.176 e. The highest BCUT2D eigenvalue weighted by Gasteiger charge is 2.22. The summed E-state index contributed by atoms with van der Waals surface area (Å²) >= 11 is 1.46. The van der Waals surface area contributed by atoms with Crippen LogP contribution >= 0.6 is 11.5 Å². The molecule has 20 heavy (non-hydrogen) atoms. The van der Waals surface area contributed by atoms with Gasteiger partial charge in [0.25, 0.3) is 0 Å². The van der Waals surface area contributed by atoms with Crippen molar-refractivity contribution in [1.82, 2.24) is 35.1 Å². The van der Waals surface area contributed by atoms with Crippen molar-refractivity contribution in [3.63, 3.8) is 0 Å². The van der Waals surface area contributed by atoms with E-state index in [1.165, 1.54) is 21.2 Å². The number of rotatable bonds is 7. The molecule has 0 amide bonds. The van der Waals surface area contributed by atoms with Gasteiger partial charge in [-0.15, -0.1) is 15.3 Å². The molecule has 0 saturated carbocycles. The summed E-state index contributed by atoms with van der Waals surface area (Å²) in [6.07, 6.45) is 1.78. The number of aryl methyl sites for hydroxylation is 1. The van der Waals surface area contributed by atoms with Crippen molar-refractivity contribution >= 4 is 11.5 Å². The second-order valence-corrected chi connectivity index (χ2v) is 5.87. The number of tetrazole rings is 1. The Kier molecular flexibility index (Phi) is 5.13. The molecule has 1 unspecified atom stereocenters. The van der Waals surface area contributed by atoms with E-state index in [9.17, 15) is 0 Å². The molecular formula is C12H21N7S. The zero-order chi connectivity index (χ0) is 14.5. The first-order valence-corrected chi connectivity index (χ1v) is 7.67. The predicted octanol–water partition coefficient (Wildman–Crippen LogP) is 1.47. The van der Waals surface area contributed by atoms with Gasteiger partial charge in [0.2, 0.25) is 0 Å². The van der Waals surface area contributed by atoms with E-state index in [1.54, 1.807) is 7.05 Å². The summed E-state index contributed by atoms with van der Waals surface area (Å²) in [7, 11) is 1.78. The van der Waals surface area contributed by atoms with Crippen LogP contribution in [0.4, 0.5) is 0 Å². The van der Waals surface area contributed by atoms with Crippen LogP contribution in [0.1, 0.15) is 55.5 Å². The molecule has 0 fully saturated rings. The maximum atomic E-state index is 4.26. The molecule has 1 atom stereocenters. The van der Waals surface area contributed by atoms with Crippen LogP contribution in [0.25, 0.3) is 0 Å². The van der Waals surface area contributed by atoms with Gasteiger partial charge in [-0.05, 0) is 35.6 Å². The summed E-state index contributed by atoms with van der Waals surface area (Å²) in [5, 5.41) is 20.0. The molecule has 0 aliphatic heterocycles. The number of aromatic nitrogens is 6. The first-order chi connectivity index (χ1) is 9.61. The number of nitrogens with one attached hydrogen (secondary N) is 1. The molecule has 2 aromatic heterocycles. The largest absolute Gasteiger partial charge is 0.309 e. The van der Waals surface area contributed by atoms with Crippen molar-refractivity contribution in [3.05, 3.63) is 16.4 Å². The second-order valence-electron chi connectivity index (χ2n) is 5.08. The second kappa shape index (κ2) is 6.85. The predicted molar refractivity (Wildman–Crippen MR) is 77.5 cm³/mol. The molecule has 0 spiro atoms. The lowest BCUT2D eigenvalue weighted by Crippen LogP contribution is -2.25. The Morgan fingerprint density at radius 2 is 2.10 bits per heavy atom. The average molecular weight is 295 g/mol. The Morgan fingerprint density at radius 3 is 2.70 bits per heavy atom. The molecule has 2 heterocycles. The highest BCUT2D eigenvalue weighted by atomic mass is 32.1. The van der Waals surface area contributed by atoms with E-state index < -0.39 is 0 Å².